The third-order valence-corrected chi connectivity index (χ3v) is 10.5. The lowest BCUT2D eigenvalue weighted by molar-refractivity contribution is -0.347. The zero-order chi connectivity index (χ0) is 37.9. The number of methoxy groups -OCH3 is 3. The van der Waals surface area contributed by atoms with Crippen molar-refractivity contribution in [2.45, 2.75) is 190 Å². The molecule has 0 bridgehead atoms. The normalized spacial score (nSPS) is 47.4. The fraction of sp³-hybridized carbons (Fsp3) is 0.943. The first kappa shape index (κ1) is 41.6. The van der Waals surface area contributed by atoms with Gasteiger partial charge in [-0.15, -0.1) is 0 Å². The molecule has 52 heavy (non-hydrogen) atoms. The van der Waals surface area contributed by atoms with E-state index >= 15 is 0 Å². The van der Waals surface area contributed by atoms with Crippen LogP contribution in [0.3, 0.4) is 0 Å². The Kier molecular flexibility index (Phi) is 14.7. The van der Waals surface area contributed by atoms with Crippen molar-refractivity contribution in [3.05, 3.63) is 0 Å². The summed E-state index contributed by atoms with van der Waals surface area (Å²) < 4.78 is 77.0. The average molecular weight is 751 g/mol. The van der Waals surface area contributed by atoms with E-state index in [9.17, 15) is 19.8 Å². The van der Waals surface area contributed by atoms with E-state index in [-0.39, 0.29) is 25.2 Å². The molecule has 19 atom stereocenters. The molecule has 0 aromatic carbocycles. The van der Waals surface area contributed by atoms with Gasteiger partial charge in [-0.1, -0.05) is 0 Å². The molecule has 0 amide bonds. The second kappa shape index (κ2) is 18.4. The van der Waals surface area contributed by atoms with Gasteiger partial charge in [-0.2, -0.15) is 0 Å². The lowest BCUT2D eigenvalue weighted by Gasteiger charge is -2.46. The summed E-state index contributed by atoms with van der Waals surface area (Å²) in [6.07, 6.45) is -11.1. The number of carbonyl (C=O) groups excluding carboxylic acids is 2. The third kappa shape index (κ3) is 9.99. The number of cyclic esters (lactones) is 1. The van der Waals surface area contributed by atoms with E-state index in [1.807, 2.05) is 6.92 Å². The van der Waals surface area contributed by atoms with Gasteiger partial charge in [0, 0.05) is 53.9 Å². The van der Waals surface area contributed by atoms with E-state index in [1.165, 1.54) is 14.0 Å². The van der Waals surface area contributed by atoms with Crippen molar-refractivity contribution < 1.29 is 81.4 Å². The van der Waals surface area contributed by atoms with Crippen LogP contribution < -0.4 is 0 Å². The van der Waals surface area contributed by atoms with Crippen LogP contribution >= 0.6 is 0 Å². The minimum absolute atomic E-state index is 0.0621. The highest BCUT2D eigenvalue weighted by Gasteiger charge is 2.48. The first-order valence-electron chi connectivity index (χ1n) is 18.3. The van der Waals surface area contributed by atoms with Crippen LogP contribution in [0.25, 0.3) is 0 Å². The summed E-state index contributed by atoms with van der Waals surface area (Å²) in [5.74, 6) is -0.775. The average Bonchev–Trinajstić information content (AvgIpc) is 3.07. The number of ether oxygens (including phenoxy) is 13. The highest BCUT2D eigenvalue weighted by atomic mass is 16.8. The second-order valence-electron chi connectivity index (χ2n) is 14.4. The Balaban J connectivity index is 1.10. The molecule has 5 fully saturated rings. The molecule has 5 saturated heterocycles. The molecule has 0 aliphatic carbocycles. The number of hydrogen-bond acceptors (Lipinski definition) is 17. The lowest BCUT2D eigenvalue weighted by atomic mass is 9.98. The Hall–Kier alpha value is -1.58. The number of hydrogen-bond donors (Lipinski definition) is 2. The molecule has 17 heteroatoms. The molecule has 17 nitrogen and oxygen atoms in total. The number of esters is 2. The van der Waals surface area contributed by atoms with Gasteiger partial charge in [0.15, 0.2) is 31.3 Å². The molecule has 5 heterocycles. The van der Waals surface area contributed by atoms with Crippen LogP contribution in [0.15, 0.2) is 0 Å². The van der Waals surface area contributed by atoms with Gasteiger partial charge in [0.1, 0.15) is 36.6 Å². The van der Waals surface area contributed by atoms with Crippen LogP contribution in [0.2, 0.25) is 0 Å². The summed E-state index contributed by atoms with van der Waals surface area (Å²) >= 11 is 0. The Morgan fingerprint density at radius 2 is 0.923 bits per heavy atom. The number of rotatable bonds is 12. The van der Waals surface area contributed by atoms with Crippen molar-refractivity contribution in [2.75, 3.05) is 21.3 Å². The molecule has 0 saturated carbocycles. The van der Waals surface area contributed by atoms with Crippen molar-refractivity contribution in [2.24, 2.45) is 0 Å². The number of aliphatic hydroxyl groups excluding tert-OH is 2. The maximum atomic E-state index is 11.8. The molecule has 0 spiro atoms. The standard InChI is InChI=1S/C35H58O17/c1-15-31(22(38)11-28(45-15)51-34-17(3)43-26(39)12-23(34)40-7)49-27-10-21(37)32(16(2)44-27)50-29-14-25(42-9)35(19(5)47-29)52-30-13-24(41-8)33(18(4)46-30)48-20(6)36/h15-19,21-25,27-35,37-38H,10-14H2,1-9H3/t15-,16-,17-,18-,19-,21-,22+,23-,24-,25+,27+,28+,29+,30+,31-,32-,33-,34-,35-/m1/s1. The molecular formula is C35H58O17. The summed E-state index contributed by atoms with van der Waals surface area (Å²) in [6, 6.07) is 0. The Morgan fingerprint density at radius 1 is 0.558 bits per heavy atom. The summed E-state index contributed by atoms with van der Waals surface area (Å²) in [6.45, 7) is 10.3. The minimum atomic E-state index is -0.967. The van der Waals surface area contributed by atoms with Gasteiger partial charge in [-0.3, -0.25) is 9.59 Å². The molecule has 300 valence electrons. The molecule has 0 aromatic heterocycles. The topological polar surface area (TPSA) is 195 Å². The number of carbonyl (C=O) groups is 2. The second-order valence-corrected chi connectivity index (χ2v) is 14.4. The van der Waals surface area contributed by atoms with Crippen LogP contribution in [-0.2, 0) is 71.2 Å². The van der Waals surface area contributed by atoms with Crippen LogP contribution in [0.4, 0.5) is 0 Å². The van der Waals surface area contributed by atoms with Crippen molar-refractivity contribution in [3.63, 3.8) is 0 Å². The molecule has 0 aromatic rings. The molecular weight excluding hydrogens is 692 g/mol. The molecule has 5 rings (SSSR count). The van der Waals surface area contributed by atoms with Gasteiger partial charge in [0.2, 0.25) is 0 Å². The molecule has 0 unspecified atom stereocenters. The third-order valence-electron chi connectivity index (χ3n) is 10.5. The van der Waals surface area contributed by atoms with Gasteiger partial charge in [0.25, 0.3) is 0 Å². The highest BCUT2D eigenvalue weighted by molar-refractivity contribution is 5.71. The lowest BCUT2D eigenvalue weighted by Crippen LogP contribution is -2.58. The Labute approximate surface area is 305 Å². The zero-order valence-corrected chi connectivity index (χ0v) is 31.5. The van der Waals surface area contributed by atoms with E-state index in [1.54, 1.807) is 41.9 Å². The van der Waals surface area contributed by atoms with Gasteiger partial charge in [0.05, 0.1) is 55.3 Å². The summed E-state index contributed by atoms with van der Waals surface area (Å²) in [5.41, 5.74) is 0. The number of aliphatic hydroxyl groups is 2. The van der Waals surface area contributed by atoms with E-state index in [2.05, 4.69) is 0 Å². The van der Waals surface area contributed by atoms with Gasteiger partial charge >= 0.3 is 11.9 Å². The fourth-order valence-corrected chi connectivity index (χ4v) is 7.83. The van der Waals surface area contributed by atoms with Gasteiger partial charge < -0.3 is 71.8 Å². The summed E-state index contributed by atoms with van der Waals surface area (Å²) in [5, 5.41) is 22.3. The molecule has 5 aliphatic heterocycles. The first-order valence-corrected chi connectivity index (χ1v) is 18.3. The fourth-order valence-electron chi connectivity index (χ4n) is 7.83. The monoisotopic (exact) mass is 750 g/mol. The smallest absolute Gasteiger partial charge is 0.308 e. The largest absolute Gasteiger partial charge is 0.460 e. The maximum absolute atomic E-state index is 11.8. The summed E-state index contributed by atoms with van der Waals surface area (Å²) in [4.78, 5) is 23.4. The van der Waals surface area contributed by atoms with Crippen molar-refractivity contribution in [1.29, 1.82) is 0 Å². The van der Waals surface area contributed by atoms with Gasteiger partial charge in [-0.25, -0.2) is 0 Å². The van der Waals surface area contributed by atoms with Crippen molar-refractivity contribution in [3.8, 4) is 0 Å². The Bertz CT molecular complexity index is 1140. The van der Waals surface area contributed by atoms with Crippen LogP contribution in [0.5, 0.6) is 0 Å². The zero-order valence-electron chi connectivity index (χ0n) is 31.5. The maximum Gasteiger partial charge on any atom is 0.308 e. The summed E-state index contributed by atoms with van der Waals surface area (Å²) in [7, 11) is 4.64. The van der Waals surface area contributed by atoms with Crippen LogP contribution in [0, 0.1) is 0 Å². The predicted molar refractivity (Wildman–Crippen MR) is 175 cm³/mol. The van der Waals surface area contributed by atoms with Crippen LogP contribution in [0.1, 0.15) is 73.6 Å². The molecule has 2 N–H and O–H groups in total. The predicted octanol–water partition coefficient (Wildman–Crippen LogP) is 1.10. The SMILES string of the molecule is CO[C@H]1C[C@H](O[C@H]2[C@H](O)C[C@H](O[C@H]3[C@@H](O)C[C@H](O[C@@H]4[C@@H](C)OC(=O)C[C@H]4OC)O[C@@H]3C)O[C@@H]2C)O[C@H](C)[C@H]1O[C@H]1C[C@@H](OC)[C@H](OC(C)=O)[C@@H](C)O1. The van der Waals surface area contributed by atoms with E-state index < -0.39 is 123 Å². The minimum Gasteiger partial charge on any atom is -0.460 e. The van der Waals surface area contributed by atoms with E-state index in [0.29, 0.717) is 12.8 Å². The highest BCUT2D eigenvalue weighted by Crippen LogP contribution is 2.35. The van der Waals surface area contributed by atoms with Crippen LogP contribution in [-0.4, -0.2) is 160 Å². The first-order chi connectivity index (χ1) is 24.7. The quantitative estimate of drug-likeness (QED) is 0.269. The van der Waals surface area contributed by atoms with Crippen molar-refractivity contribution >= 4 is 11.9 Å². The molecule has 0 radical (unpaired) electrons. The van der Waals surface area contributed by atoms with E-state index in [0.717, 1.165) is 0 Å². The van der Waals surface area contributed by atoms with Crippen molar-refractivity contribution in [1.82, 2.24) is 0 Å². The van der Waals surface area contributed by atoms with E-state index in [4.69, 9.17) is 61.6 Å². The van der Waals surface area contributed by atoms with Gasteiger partial charge in [-0.05, 0) is 34.6 Å². The Morgan fingerprint density at radius 3 is 1.35 bits per heavy atom. The molecule has 5 aliphatic rings.